The number of fused-ring (bicyclic) bond motifs is 3. The summed E-state index contributed by atoms with van der Waals surface area (Å²) in [6, 6.07) is 2.13. The molecule has 0 radical (unpaired) electrons. The van der Waals surface area contributed by atoms with Gasteiger partial charge in [-0.05, 0) is 31.2 Å². The van der Waals surface area contributed by atoms with Gasteiger partial charge in [-0.15, -0.1) is 11.3 Å². The zero-order chi connectivity index (χ0) is 16.2. The minimum atomic E-state index is 0.0471. The van der Waals surface area contributed by atoms with Crippen molar-refractivity contribution >= 4 is 33.3 Å². The van der Waals surface area contributed by atoms with Gasteiger partial charge in [0.15, 0.2) is 5.16 Å². The maximum atomic E-state index is 13.0. The Bertz CT molecular complexity index is 804. The Kier molecular flexibility index (Phi) is 5.36. The van der Waals surface area contributed by atoms with Gasteiger partial charge in [0.1, 0.15) is 4.83 Å². The Morgan fingerprint density at radius 1 is 1.43 bits per heavy atom. The molecule has 5 nitrogen and oxygen atoms in total. The summed E-state index contributed by atoms with van der Waals surface area (Å²) in [6.07, 6.45) is 4.84. The van der Waals surface area contributed by atoms with Crippen LogP contribution in [0.4, 0.5) is 0 Å². The summed E-state index contributed by atoms with van der Waals surface area (Å²) >= 11 is 3.14. The van der Waals surface area contributed by atoms with Gasteiger partial charge in [0, 0.05) is 24.2 Å². The van der Waals surface area contributed by atoms with Crippen LogP contribution < -0.4 is 5.56 Å². The highest BCUT2D eigenvalue weighted by Gasteiger charge is 2.22. The molecule has 1 aliphatic carbocycles. The molecule has 0 saturated carbocycles. The van der Waals surface area contributed by atoms with E-state index in [1.54, 1.807) is 23.0 Å². The molecule has 0 atom stereocenters. The number of aryl methyl sites for hydroxylation is 2. The molecule has 0 bridgehead atoms. The van der Waals surface area contributed by atoms with Crippen molar-refractivity contribution in [3.63, 3.8) is 0 Å². The van der Waals surface area contributed by atoms with Crippen LogP contribution in [0.1, 0.15) is 29.7 Å². The number of thiophene rings is 1. The first-order valence-electron chi connectivity index (χ1n) is 7.80. The molecular formula is C16H19N3O2S2. The van der Waals surface area contributed by atoms with Crippen LogP contribution in [0.15, 0.2) is 9.95 Å². The first kappa shape index (κ1) is 16.5. The van der Waals surface area contributed by atoms with E-state index in [0.717, 1.165) is 29.5 Å². The molecule has 1 aliphatic rings. The molecule has 3 rings (SSSR count). The number of rotatable bonds is 6. The van der Waals surface area contributed by atoms with E-state index in [1.807, 2.05) is 0 Å². The normalized spacial score (nSPS) is 13.9. The fourth-order valence-corrected chi connectivity index (χ4v) is 5.07. The van der Waals surface area contributed by atoms with Crippen LogP contribution in [0.2, 0.25) is 0 Å². The second-order valence-electron chi connectivity index (χ2n) is 5.49. The third-order valence-corrected chi connectivity index (χ3v) is 6.17. The number of ether oxygens (including phenoxy) is 1. The maximum absolute atomic E-state index is 13.0. The summed E-state index contributed by atoms with van der Waals surface area (Å²) in [5.41, 5.74) is 1.26. The van der Waals surface area contributed by atoms with Crippen molar-refractivity contribution in [2.75, 3.05) is 19.5 Å². The summed E-state index contributed by atoms with van der Waals surface area (Å²) in [7, 11) is 1.63. The van der Waals surface area contributed by atoms with Crippen LogP contribution in [-0.4, -0.2) is 29.0 Å². The van der Waals surface area contributed by atoms with E-state index in [4.69, 9.17) is 15.0 Å². The smallest absolute Gasteiger partial charge is 0.263 e. The Hall–Kier alpha value is -1.36. The van der Waals surface area contributed by atoms with Crippen molar-refractivity contribution in [1.29, 1.82) is 5.26 Å². The van der Waals surface area contributed by atoms with Crippen LogP contribution in [0.5, 0.6) is 0 Å². The van der Waals surface area contributed by atoms with Gasteiger partial charge in [-0.1, -0.05) is 11.8 Å². The van der Waals surface area contributed by atoms with E-state index in [2.05, 4.69) is 6.07 Å². The van der Waals surface area contributed by atoms with Gasteiger partial charge in [0.25, 0.3) is 5.56 Å². The van der Waals surface area contributed by atoms with E-state index in [0.29, 0.717) is 30.5 Å². The molecule has 0 aromatic carbocycles. The van der Waals surface area contributed by atoms with Gasteiger partial charge in [-0.3, -0.25) is 9.36 Å². The number of hydrogen-bond acceptors (Lipinski definition) is 6. The lowest BCUT2D eigenvalue weighted by Gasteiger charge is -2.12. The Labute approximate surface area is 143 Å². The number of thioether (sulfide) groups is 1. The molecule has 122 valence electrons. The minimum absolute atomic E-state index is 0.0471. The van der Waals surface area contributed by atoms with Gasteiger partial charge >= 0.3 is 0 Å². The van der Waals surface area contributed by atoms with Gasteiger partial charge in [0.05, 0.1) is 24.6 Å². The van der Waals surface area contributed by atoms with E-state index in [9.17, 15) is 4.79 Å². The third kappa shape index (κ3) is 3.30. The molecule has 0 aliphatic heterocycles. The minimum Gasteiger partial charge on any atom is -0.383 e. The fourth-order valence-electron chi connectivity index (χ4n) is 2.90. The lowest BCUT2D eigenvalue weighted by Crippen LogP contribution is -2.25. The summed E-state index contributed by atoms with van der Waals surface area (Å²) in [5, 5.41) is 10.2. The zero-order valence-electron chi connectivity index (χ0n) is 13.1. The van der Waals surface area contributed by atoms with Crippen LogP contribution in [0.3, 0.4) is 0 Å². The second kappa shape index (κ2) is 7.47. The average Bonchev–Trinajstić information content (AvgIpc) is 2.93. The molecule has 0 fully saturated rings. The highest BCUT2D eigenvalue weighted by molar-refractivity contribution is 7.99. The van der Waals surface area contributed by atoms with Crippen LogP contribution in [0, 0.1) is 11.3 Å². The SMILES string of the molecule is COCCn1c(SCCC#N)nc2sc3c(c2c1=O)CCCC3. The van der Waals surface area contributed by atoms with Crippen molar-refractivity contribution in [3.05, 3.63) is 20.8 Å². The number of methoxy groups -OCH3 is 1. The van der Waals surface area contributed by atoms with Crippen LogP contribution in [-0.2, 0) is 24.1 Å². The van der Waals surface area contributed by atoms with Crippen molar-refractivity contribution in [1.82, 2.24) is 9.55 Å². The summed E-state index contributed by atoms with van der Waals surface area (Å²) in [5.74, 6) is 0.645. The Morgan fingerprint density at radius 3 is 3.04 bits per heavy atom. The quantitative estimate of drug-likeness (QED) is 0.456. The zero-order valence-corrected chi connectivity index (χ0v) is 14.8. The monoisotopic (exact) mass is 349 g/mol. The molecule has 2 heterocycles. The van der Waals surface area contributed by atoms with E-state index >= 15 is 0 Å². The van der Waals surface area contributed by atoms with E-state index < -0.39 is 0 Å². The summed E-state index contributed by atoms with van der Waals surface area (Å²) < 4.78 is 6.86. The van der Waals surface area contributed by atoms with Crippen molar-refractivity contribution < 1.29 is 4.74 Å². The number of nitrogens with zero attached hydrogens (tertiary/aromatic N) is 3. The molecule has 0 spiro atoms. The number of nitriles is 1. The average molecular weight is 349 g/mol. The molecule has 0 amide bonds. The first-order valence-corrected chi connectivity index (χ1v) is 9.60. The van der Waals surface area contributed by atoms with Crippen LogP contribution in [0.25, 0.3) is 10.2 Å². The number of aromatic nitrogens is 2. The lowest BCUT2D eigenvalue weighted by atomic mass is 9.97. The summed E-state index contributed by atoms with van der Waals surface area (Å²) in [4.78, 5) is 19.9. The predicted octanol–water partition coefficient (Wildman–Crippen LogP) is 2.99. The molecule has 2 aromatic heterocycles. The van der Waals surface area contributed by atoms with Gasteiger partial charge in [0.2, 0.25) is 0 Å². The van der Waals surface area contributed by atoms with Gasteiger partial charge in [-0.25, -0.2) is 4.98 Å². The molecular weight excluding hydrogens is 330 g/mol. The van der Waals surface area contributed by atoms with E-state index in [1.165, 1.54) is 28.6 Å². The highest BCUT2D eigenvalue weighted by atomic mass is 32.2. The van der Waals surface area contributed by atoms with E-state index in [-0.39, 0.29) is 5.56 Å². The van der Waals surface area contributed by atoms with Gasteiger partial charge in [-0.2, -0.15) is 5.26 Å². The topological polar surface area (TPSA) is 67.9 Å². The molecule has 0 saturated heterocycles. The predicted molar refractivity (Wildman–Crippen MR) is 93.4 cm³/mol. The molecule has 7 heteroatoms. The molecule has 2 aromatic rings. The lowest BCUT2D eigenvalue weighted by molar-refractivity contribution is 0.183. The molecule has 23 heavy (non-hydrogen) atoms. The first-order chi connectivity index (χ1) is 11.3. The highest BCUT2D eigenvalue weighted by Crippen LogP contribution is 2.34. The van der Waals surface area contributed by atoms with Crippen molar-refractivity contribution in [2.24, 2.45) is 0 Å². The maximum Gasteiger partial charge on any atom is 0.263 e. The molecule has 0 N–H and O–H groups in total. The van der Waals surface area contributed by atoms with Crippen LogP contribution >= 0.6 is 23.1 Å². The Morgan fingerprint density at radius 2 is 2.26 bits per heavy atom. The Balaban J connectivity index is 2.09. The third-order valence-electron chi connectivity index (χ3n) is 4.00. The largest absolute Gasteiger partial charge is 0.383 e. The molecule has 0 unspecified atom stereocenters. The number of hydrogen-bond donors (Lipinski definition) is 0. The van der Waals surface area contributed by atoms with Crippen molar-refractivity contribution in [2.45, 2.75) is 43.8 Å². The fraction of sp³-hybridized carbons (Fsp3) is 0.562. The second-order valence-corrected chi connectivity index (χ2v) is 7.64. The van der Waals surface area contributed by atoms with Crippen molar-refractivity contribution in [3.8, 4) is 6.07 Å². The standard InChI is InChI=1S/C16H19N3O2S2/c1-21-9-8-19-15(20)13-11-5-2-3-6-12(11)23-14(13)18-16(19)22-10-4-7-17/h2-6,8-10H2,1H3. The summed E-state index contributed by atoms with van der Waals surface area (Å²) in [6.45, 7) is 0.975. The van der Waals surface area contributed by atoms with Gasteiger partial charge < -0.3 is 4.74 Å².